The third-order valence-corrected chi connectivity index (χ3v) is 9.01. The minimum Gasteiger partial charge on any atom is -0.351 e. The van der Waals surface area contributed by atoms with Gasteiger partial charge >= 0.3 is 0 Å². The van der Waals surface area contributed by atoms with Crippen molar-refractivity contribution in [2.45, 2.75) is 49.6 Å². The van der Waals surface area contributed by atoms with Crippen LogP contribution in [0.1, 0.15) is 31.4 Å². The number of anilines is 2. The lowest BCUT2D eigenvalue weighted by molar-refractivity contribution is 0.221. The second kappa shape index (κ2) is 11.0. The van der Waals surface area contributed by atoms with E-state index in [1.54, 1.807) is 19.2 Å². The van der Waals surface area contributed by atoms with Gasteiger partial charge in [-0.3, -0.25) is 4.72 Å². The molecule has 5 rings (SSSR count). The van der Waals surface area contributed by atoms with E-state index < -0.39 is 21.7 Å². The highest BCUT2D eigenvalue weighted by Crippen LogP contribution is 2.31. The summed E-state index contributed by atoms with van der Waals surface area (Å²) in [6.45, 7) is 1.70. The zero-order chi connectivity index (χ0) is 27.7. The average molecular weight is 569 g/mol. The standard InChI is InChI=1S/C28H30ClFN6O2S/c1-17-22(15-24(30)27(32-17)35-39(37,38)26-7-5-4-6-23(26)29)18-8-13-25-19(14-18)16-31-28(34-25)33-20-9-11-21(12-10-20)36(2)3/h4-8,13-16,20-21H,9-12H2,1-3H3,(H,32,35)(H,31,33,34)/t20-,21-. The zero-order valence-electron chi connectivity index (χ0n) is 21.9. The second-order valence-corrected chi connectivity index (χ2v) is 12.1. The summed E-state index contributed by atoms with van der Waals surface area (Å²) in [5.74, 6) is -0.593. The fraction of sp³-hybridized carbons (Fsp3) is 0.321. The first-order valence-electron chi connectivity index (χ1n) is 12.8. The highest BCUT2D eigenvalue weighted by molar-refractivity contribution is 7.92. The molecule has 11 heteroatoms. The Bertz CT molecular complexity index is 1620. The van der Waals surface area contributed by atoms with Gasteiger partial charge in [0.05, 0.1) is 10.5 Å². The van der Waals surface area contributed by atoms with Crippen LogP contribution in [-0.2, 0) is 10.0 Å². The number of nitrogens with zero attached hydrogens (tertiary/aromatic N) is 4. The third-order valence-electron chi connectivity index (χ3n) is 7.17. The monoisotopic (exact) mass is 568 g/mol. The van der Waals surface area contributed by atoms with Crippen molar-refractivity contribution in [3.63, 3.8) is 0 Å². The average Bonchev–Trinajstić information content (AvgIpc) is 2.90. The molecule has 0 unspecified atom stereocenters. The van der Waals surface area contributed by atoms with E-state index in [1.807, 2.05) is 18.2 Å². The Hall–Kier alpha value is -3.34. The lowest BCUT2D eigenvalue weighted by Gasteiger charge is -2.32. The van der Waals surface area contributed by atoms with Crippen molar-refractivity contribution in [1.29, 1.82) is 0 Å². The Morgan fingerprint density at radius 1 is 1.03 bits per heavy atom. The molecule has 0 atom stereocenters. The molecule has 8 nitrogen and oxygen atoms in total. The van der Waals surface area contributed by atoms with Crippen LogP contribution in [0, 0.1) is 12.7 Å². The van der Waals surface area contributed by atoms with Gasteiger partial charge in [-0.15, -0.1) is 0 Å². The van der Waals surface area contributed by atoms with E-state index >= 15 is 4.39 Å². The SMILES string of the molecule is Cc1nc(NS(=O)(=O)c2ccccc2Cl)c(F)cc1-c1ccc2nc(N[C@H]3CC[C@H](N(C)C)CC3)ncc2c1. The van der Waals surface area contributed by atoms with Gasteiger partial charge < -0.3 is 10.2 Å². The minimum atomic E-state index is -4.12. The van der Waals surface area contributed by atoms with E-state index in [2.05, 4.69) is 44.0 Å². The van der Waals surface area contributed by atoms with Gasteiger partial charge in [-0.25, -0.2) is 27.8 Å². The molecular formula is C28H30ClFN6O2S. The van der Waals surface area contributed by atoms with E-state index in [0.717, 1.165) is 42.1 Å². The molecule has 0 aliphatic heterocycles. The van der Waals surface area contributed by atoms with Crippen LogP contribution in [0.2, 0.25) is 5.02 Å². The molecule has 0 spiro atoms. The first-order valence-corrected chi connectivity index (χ1v) is 14.6. The summed E-state index contributed by atoms with van der Waals surface area (Å²) in [7, 11) is 0.136. The molecule has 4 aromatic rings. The third kappa shape index (κ3) is 5.98. The minimum absolute atomic E-state index is 0.0344. The van der Waals surface area contributed by atoms with Crippen molar-refractivity contribution in [3.05, 3.63) is 71.3 Å². The molecule has 1 saturated carbocycles. The van der Waals surface area contributed by atoms with Gasteiger partial charge in [0.25, 0.3) is 10.0 Å². The Morgan fingerprint density at radius 3 is 2.49 bits per heavy atom. The predicted molar refractivity (Wildman–Crippen MR) is 153 cm³/mol. The van der Waals surface area contributed by atoms with Crippen molar-refractivity contribution in [2.24, 2.45) is 0 Å². The predicted octanol–water partition coefficient (Wildman–Crippen LogP) is 5.88. The molecule has 1 aliphatic carbocycles. The number of hydrogen-bond donors (Lipinski definition) is 2. The molecule has 2 aromatic carbocycles. The molecule has 1 fully saturated rings. The number of aryl methyl sites for hydroxylation is 1. The summed E-state index contributed by atoms with van der Waals surface area (Å²) in [5, 5.41) is 4.31. The highest BCUT2D eigenvalue weighted by Gasteiger charge is 2.23. The molecule has 0 saturated heterocycles. The number of rotatable bonds is 7. The Balaban J connectivity index is 1.34. The number of nitrogens with one attached hydrogen (secondary N) is 2. The molecule has 0 bridgehead atoms. The van der Waals surface area contributed by atoms with E-state index in [9.17, 15) is 8.42 Å². The number of benzene rings is 2. The van der Waals surface area contributed by atoms with Crippen LogP contribution in [0.5, 0.6) is 0 Å². The quantitative estimate of drug-likeness (QED) is 0.287. The summed E-state index contributed by atoms with van der Waals surface area (Å²) < 4.78 is 42.8. The van der Waals surface area contributed by atoms with Gasteiger partial charge in [-0.05, 0) is 82.6 Å². The van der Waals surface area contributed by atoms with E-state index in [-0.39, 0.29) is 9.92 Å². The molecule has 39 heavy (non-hydrogen) atoms. The number of sulfonamides is 1. The van der Waals surface area contributed by atoms with Crippen molar-refractivity contribution in [2.75, 3.05) is 24.1 Å². The Morgan fingerprint density at radius 2 is 1.77 bits per heavy atom. The van der Waals surface area contributed by atoms with Crippen LogP contribution in [0.25, 0.3) is 22.0 Å². The number of halogens is 2. The first kappa shape index (κ1) is 27.2. The van der Waals surface area contributed by atoms with Crippen molar-refractivity contribution < 1.29 is 12.8 Å². The molecule has 204 valence electrons. The lowest BCUT2D eigenvalue weighted by Crippen LogP contribution is -2.36. The van der Waals surface area contributed by atoms with Crippen LogP contribution >= 0.6 is 11.6 Å². The molecule has 0 radical (unpaired) electrons. The first-order chi connectivity index (χ1) is 18.6. The lowest BCUT2D eigenvalue weighted by atomic mass is 9.91. The van der Waals surface area contributed by atoms with Crippen LogP contribution in [0.3, 0.4) is 0 Å². The van der Waals surface area contributed by atoms with Gasteiger partial charge in [-0.2, -0.15) is 0 Å². The summed E-state index contributed by atoms with van der Waals surface area (Å²) in [4.78, 5) is 15.5. The molecular weight excluding hydrogens is 539 g/mol. The molecule has 0 amide bonds. The maximum atomic E-state index is 15.1. The van der Waals surface area contributed by atoms with E-state index in [0.29, 0.717) is 29.3 Å². The van der Waals surface area contributed by atoms with Gasteiger partial charge in [0, 0.05) is 34.9 Å². The van der Waals surface area contributed by atoms with Crippen LogP contribution in [0.4, 0.5) is 16.2 Å². The maximum Gasteiger partial charge on any atom is 0.264 e. The van der Waals surface area contributed by atoms with Gasteiger partial charge in [0.15, 0.2) is 11.6 Å². The van der Waals surface area contributed by atoms with Crippen molar-refractivity contribution in [1.82, 2.24) is 19.9 Å². The molecule has 2 aromatic heterocycles. The van der Waals surface area contributed by atoms with Crippen molar-refractivity contribution >= 4 is 44.3 Å². The number of aromatic nitrogens is 3. The largest absolute Gasteiger partial charge is 0.351 e. The summed E-state index contributed by atoms with van der Waals surface area (Å²) in [6.07, 6.45) is 6.19. The molecule has 2 heterocycles. The Kier molecular flexibility index (Phi) is 7.70. The highest BCUT2D eigenvalue weighted by atomic mass is 35.5. The van der Waals surface area contributed by atoms with Crippen molar-refractivity contribution in [3.8, 4) is 11.1 Å². The topological polar surface area (TPSA) is 100 Å². The van der Waals surface area contributed by atoms with Crippen LogP contribution in [-0.4, -0.2) is 54.4 Å². The molecule has 2 N–H and O–H groups in total. The zero-order valence-corrected chi connectivity index (χ0v) is 23.5. The van der Waals surface area contributed by atoms with Crippen LogP contribution in [0.15, 0.2) is 59.6 Å². The normalized spacial score (nSPS) is 17.9. The fourth-order valence-electron chi connectivity index (χ4n) is 4.98. The smallest absolute Gasteiger partial charge is 0.264 e. The fourth-order valence-corrected chi connectivity index (χ4v) is 6.51. The van der Waals surface area contributed by atoms with Gasteiger partial charge in [-0.1, -0.05) is 29.8 Å². The van der Waals surface area contributed by atoms with E-state index in [1.165, 1.54) is 24.3 Å². The summed E-state index contributed by atoms with van der Waals surface area (Å²) in [5.41, 5.74) is 2.49. The number of fused-ring (bicyclic) bond motifs is 1. The second-order valence-electron chi connectivity index (χ2n) is 10.1. The number of pyridine rings is 1. The summed E-state index contributed by atoms with van der Waals surface area (Å²) in [6, 6.07) is 13.8. The van der Waals surface area contributed by atoms with Gasteiger partial charge in [0.2, 0.25) is 5.95 Å². The van der Waals surface area contributed by atoms with Gasteiger partial charge in [0.1, 0.15) is 4.90 Å². The maximum absolute atomic E-state index is 15.1. The van der Waals surface area contributed by atoms with Crippen LogP contribution < -0.4 is 10.0 Å². The molecule has 1 aliphatic rings. The number of hydrogen-bond acceptors (Lipinski definition) is 7. The van der Waals surface area contributed by atoms with E-state index in [4.69, 9.17) is 11.6 Å². The Labute approximate surface area is 232 Å². The summed E-state index contributed by atoms with van der Waals surface area (Å²) >= 11 is 6.02.